The van der Waals surface area contributed by atoms with Crippen molar-refractivity contribution in [3.8, 4) is 5.69 Å². The quantitative estimate of drug-likeness (QED) is 0.456. The van der Waals surface area contributed by atoms with Crippen LogP contribution in [0.3, 0.4) is 0 Å². The number of anilines is 1. The summed E-state index contributed by atoms with van der Waals surface area (Å²) in [7, 11) is 1.71. The van der Waals surface area contributed by atoms with Crippen molar-refractivity contribution in [3.63, 3.8) is 0 Å². The first-order valence-electron chi connectivity index (χ1n) is 11.3. The fourth-order valence-corrected chi connectivity index (χ4v) is 4.58. The van der Waals surface area contributed by atoms with Crippen LogP contribution < -0.4 is 10.2 Å². The lowest BCUT2D eigenvalue weighted by Gasteiger charge is -2.28. The van der Waals surface area contributed by atoms with Crippen LogP contribution in [0.4, 0.5) is 18.9 Å². The maximum absolute atomic E-state index is 13.7. The number of amides is 2. The maximum Gasteiger partial charge on any atom is 0.321 e. The van der Waals surface area contributed by atoms with E-state index in [1.54, 1.807) is 72.1 Å². The second-order valence-electron chi connectivity index (χ2n) is 9.02. The van der Waals surface area contributed by atoms with Crippen LogP contribution in [0.25, 0.3) is 16.6 Å². The van der Waals surface area contributed by atoms with E-state index in [4.69, 9.17) is 0 Å². The third-order valence-electron chi connectivity index (χ3n) is 6.42. The molecule has 8 nitrogen and oxygen atoms in total. The van der Waals surface area contributed by atoms with E-state index in [9.17, 15) is 22.8 Å². The van der Waals surface area contributed by atoms with Crippen molar-refractivity contribution < 1.29 is 22.8 Å². The molecule has 2 aromatic heterocycles. The van der Waals surface area contributed by atoms with E-state index < -0.39 is 29.8 Å². The Kier molecular flexibility index (Phi) is 5.57. The number of hydrogen-bond acceptors (Lipinski definition) is 4. The van der Waals surface area contributed by atoms with Crippen LogP contribution in [-0.2, 0) is 16.6 Å². The number of benzene rings is 2. The normalized spacial score (nSPS) is 20.3. The molecule has 1 N–H and O–H groups in total. The number of carbonyl (C=O) groups is 2. The second-order valence-corrected chi connectivity index (χ2v) is 9.02. The van der Waals surface area contributed by atoms with E-state index in [0.29, 0.717) is 29.4 Å². The van der Waals surface area contributed by atoms with Gasteiger partial charge in [0.05, 0.1) is 35.1 Å². The molecule has 1 saturated heterocycles. The zero-order valence-electron chi connectivity index (χ0n) is 19.7. The van der Waals surface area contributed by atoms with Gasteiger partial charge in [-0.1, -0.05) is 6.92 Å². The highest BCUT2D eigenvalue weighted by atomic mass is 19.3. The summed E-state index contributed by atoms with van der Waals surface area (Å²) < 4.78 is 44.0. The average Bonchev–Trinajstić information content (AvgIpc) is 3.51. The van der Waals surface area contributed by atoms with Gasteiger partial charge in [0.15, 0.2) is 0 Å². The Hall–Kier alpha value is -4.15. The Labute approximate surface area is 204 Å². The van der Waals surface area contributed by atoms with Crippen molar-refractivity contribution in [2.75, 3.05) is 4.90 Å². The summed E-state index contributed by atoms with van der Waals surface area (Å²) in [5.74, 6) is -6.52. The predicted octanol–water partition coefficient (Wildman–Crippen LogP) is 3.76. The zero-order valence-corrected chi connectivity index (χ0v) is 19.7. The predicted molar refractivity (Wildman–Crippen MR) is 126 cm³/mol. The van der Waals surface area contributed by atoms with E-state index in [-0.39, 0.29) is 11.7 Å². The number of hydrogen-bond donors (Lipinski definition) is 1. The topological polar surface area (TPSA) is 85.1 Å². The number of nitrogens with zero attached hydrogens (tertiary/aromatic N) is 5. The number of nitrogens with one attached hydrogen (secondary N) is 1. The Balaban J connectivity index is 1.56. The molecule has 186 valence electrons. The van der Waals surface area contributed by atoms with Crippen LogP contribution in [0.15, 0.2) is 60.9 Å². The molecule has 0 saturated carbocycles. The molecular formula is C25H23F3N6O2. The van der Waals surface area contributed by atoms with Crippen LogP contribution in [0.1, 0.15) is 25.6 Å². The highest BCUT2D eigenvalue weighted by molar-refractivity contribution is 6.01. The van der Waals surface area contributed by atoms with Gasteiger partial charge in [-0.2, -0.15) is 19.0 Å². The minimum atomic E-state index is -3.60. The molecule has 4 aromatic rings. The summed E-state index contributed by atoms with van der Waals surface area (Å²) >= 11 is 0. The van der Waals surface area contributed by atoms with Gasteiger partial charge in [-0.25, -0.2) is 9.07 Å². The molecule has 2 aromatic carbocycles. The highest BCUT2D eigenvalue weighted by Gasteiger charge is 2.50. The molecular weight excluding hydrogens is 473 g/mol. The lowest BCUT2D eigenvalue weighted by Crippen LogP contribution is -2.48. The van der Waals surface area contributed by atoms with Gasteiger partial charge in [0, 0.05) is 31.2 Å². The van der Waals surface area contributed by atoms with Gasteiger partial charge in [0.1, 0.15) is 11.9 Å². The van der Waals surface area contributed by atoms with Crippen molar-refractivity contribution in [3.05, 3.63) is 72.4 Å². The summed E-state index contributed by atoms with van der Waals surface area (Å²) in [4.78, 5) is 27.1. The molecule has 1 aliphatic rings. The fraction of sp³-hybridized carbons (Fsp3) is 0.280. The standard InChI is InChI=1S/C25H23F3N6O2/c1-14-21(30-24(36)25(2,27)28)22(19-10-11-32(3)31-19)33(23(14)35)18-8-9-20-15(12-18)13-29-34(20)17-6-4-16(26)5-7-17/h4-14,21-22H,1-3H3,(H,30,36). The van der Waals surface area contributed by atoms with Crippen molar-refractivity contribution >= 4 is 28.4 Å². The van der Waals surface area contributed by atoms with Crippen LogP contribution >= 0.6 is 0 Å². The molecule has 36 heavy (non-hydrogen) atoms. The summed E-state index contributed by atoms with van der Waals surface area (Å²) in [6.07, 6.45) is 3.31. The average molecular weight is 496 g/mol. The van der Waals surface area contributed by atoms with Gasteiger partial charge < -0.3 is 10.2 Å². The molecule has 0 radical (unpaired) electrons. The largest absolute Gasteiger partial charge is 0.345 e. The van der Waals surface area contributed by atoms with Crippen LogP contribution in [0.2, 0.25) is 0 Å². The molecule has 0 bridgehead atoms. The van der Waals surface area contributed by atoms with E-state index in [1.165, 1.54) is 17.0 Å². The first-order valence-corrected chi connectivity index (χ1v) is 11.3. The van der Waals surface area contributed by atoms with E-state index in [1.807, 2.05) is 0 Å². The molecule has 0 aliphatic carbocycles. The number of aromatic nitrogens is 4. The Morgan fingerprint density at radius 3 is 2.42 bits per heavy atom. The molecule has 2 amide bonds. The smallest absolute Gasteiger partial charge is 0.321 e. The summed E-state index contributed by atoms with van der Waals surface area (Å²) in [6, 6.07) is 11.1. The molecule has 3 atom stereocenters. The minimum Gasteiger partial charge on any atom is -0.345 e. The highest BCUT2D eigenvalue weighted by Crippen LogP contribution is 2.41. The van der Waals surface area contributed by atoms with Gasteiger partial charge in [0.2, 0.25) is 5.91 Å². The first-order chi connectivity index (χ1) is 17.0. The monoisotopic (exact) mass is 496 g/mol. The Bertz CT molecular complexity index is 1460. The number of fused-ring (bicyclic) bond motifs is 1. The van der Waals surface area contributed by atoms with E-state index in [2.05, 4.69) is 15.5 Å². The van der Waals surface area contributed by atoms with Gasteiger partial charge >= 0.3 is 5.92 Å². The zero-order chi connectivity index (χ0) is 25.8. The molecule has 11 heteroatoms. The Morgan fingerprint density at radius 2 is 1.78 bits per heavy atom. The lowest BCUT2D eigenvalue weighted by molar-refractivity contribution is -0.144. The van der Waals surface area contributed by atoms with E-state index in [0.717, 1.165) is 5.52 Å². The number of rotatable bonds is 5. The second kappa shape index (κ2) is 8.51. The summed E-state index contributed by atoms with van der Waals surface area (Å²) in [5, 5.41) is 11.9. The van der Waals surface area contributed by atoms with Crippen molar-refractivity contribution in [2.45, 2.75) is 31.9 Å². The van der Waals surface area contributed by atoms with Crippen molar-refractivity contribution in [1.82, 2.24) is 24.9 Å². The fourth-order valence-electron chi connectivity index (χ4n) is 4.58. The van der Waals surface area contributed by atoms with Crippen molar-refractivity contribution in [1.29, 1.82) is 0 Å². The van der Waals surface area contributed by atoms with E-state index >= 15 is 0 Å². The third-order valence-corrected chi connectivity index (χ3v) is 6.42. The molecule has 1 fully saturated rings. The van der Waals surface area contributed by atoms with Gasteiger partial charge in [-0.3, -0.25) is 14.3 Å². The number of alkyl halides is 2. The van der Waals surface area contributed by atoms with Gasteiger partial charge in [0.25, 0.3) is 5.91 Å². The van der Waals surface area contributed by atoms with Crippen LogP contribution in [0.5, 0.6) is 0 Å². The van der Waals surface area contributed by atoms with Crippen molar-refractivity contribution in [2.24, 2.45) is 13.0 Å². The van der Waals surface area contributed by atoms with Gasteiger partial charge in [-0.05, 0) is 48.5 Å². The molecule has 3 heterocycles. The molecule has 1 aliphatic heterocycles. The third kappa shape index (κ3) is 4.00. The molecule has 5 rings (SSSR count). The summed E-state index contributed by atoms with van der Waals surface area (Å²) in [6.45, 7) is 2.12. The lowest BCUT2D eigenvalue weighted by atomic mass is 9.97. The first kappa shape index (κ1) is 23.6. The summed E-state index contributed by atoms with van der Waals surface area (Å²) in [5.41, 5.74) is 2.37. The van der Waals surface area contributed by atoms with Crippen LogP contribution in [-0.4, -0.2) is 43.3 Å². The SMILES string of the molecule is CC1C(=O)N(c2ccc3c(cnn3-c3ccc(F)cc3)c2)C(c2ccn(C)n2)C1NC(=O)C(C)(F)F. The molecule has 3 unspecified atom stereocenters. The van der Waals surface area contributed by atoms with Crippen LogP contribution in [0, 0.1) is 11.7 Å². The Morgan fingerprint density at radius 1 is 1.08 bits per heavy atom. The minimum absolute atomic E-state index is 0.333. The number of carbonyl (C=O) groups excluding carboxylic acids is 2. The number of aryl methyl sites for hydroxylation is 1. The number of halogens is 3. The maximum atomic E-state index is 13.7. The molecule has 0 spiro atoms. The van der Waals surface area contributed by atoms with Gasteiger partial charge in [-0.15, -0.1) is 0 Å².